The van der Waals surface area contributed by atoms with Gasteiger partial charge in [-0.1, -0.05) is 6.92 Å². The van der Waals surface area contributed by atoms with Gasteiger partial charge in [-0.25, -0.2) is 17.2 Å². The van der Waals surface area contributed by atoms with Crippen molar-refractivity contribution in [2.45, 2.75) is 18.2 Å². The molecule has 156 valence electrons. The van der Waals surface area contributed by atoms with E-state index < -0.39 is 26.6 Å². The van der Waals surface area contributed by atoms with Gasteiger partial charge in [0.05, 0.1) is 32.7 Å². The van der Waals surface area contributed by atoms with Gasteiger partial charge in [-0.3, -0.25) is 9.59 Å². The number of carbonyl (C=O) groups excluding carboxylic acids is 2. The quantitative estimate of drug-likeness (QED) is 0.477. The van der Waals surface area contributed by atoms with Crippen LogP contribution in [0.3, 0.4) is 0 Å². The molecule has 0 unspecified atom stereocenters. The number of amides is 2. The summed E-state index contributed by atoms with van der Waals surface area (Å²) >= 11 is 0. The first-order chi connectivity index (χ1) is 13.2. The molecule has 8 nitrogen and oxygen atoms in total. The van der Waals surface area contributed by atoms with Crippen molar-refractivity contribution in [1.82, 2.24) is 14.9 Å². The highest BCUT2D eigenvalue weighted by Gasteiger charge is 2.33. The minimum absolute atomic E-state index is 0.101. The summed E-state index contributed by atoms with van der Waals surface area (Å²) in [5, 5.41) is 5.18. The van der Waals surface area contributed by atoms with Crippen molar-refractivity contribution >= 4 is 21.8 Å². The Bertz CT molecular complexity index is 811. The monoisotopic (exact) mass is 419 g/mol. The van der Waals surface area contributed by atoms with Crippen LogP contribution < -0.4 is 15.5 Å². The first-order valence-electron chi connectivity index (χ1n) is 9.06. The molecule has 1 fully saturated rings. The topological polar surface area (TPSA) is 100 Å². The summed E-state index contributed by atoms with van der Waals surface area (Å²) in [6.07, 6.45) is 0.804. The number of piperazine rings is 1. The number of nitrogens with zero attached hydrogens (tertiary/aromatic N) is 1. The van der Waals surface area contributed by atoms with Crippen molar-refractivity contribution < 1.29 is 31.7 Å². The number of sulfonamides is 1. The zero-order valence-corrected chi connectivity index (χ0v) is 16.4. The fraction of sp³-hybridized carbons (Fsp3) is 0.529. The molecule has 3 N–H and O–H groups in total. The number of nitrogens with one attached hydrogen (secondary N) is 3. The van der Waals surface area contributed by atoms with Gasteiger partial charge >= 0.3 is 0 Å². The predicted octanol–water partition coefficient (Wildman–Crippen LogP) is -1.50. The van der Waals surface area contributed by atoms with Crippen molar-refractivity contribution in [3.63, 3.8) is 0 Å². The standard InChI is InChI=1S/C17H24F2N4O4S/c1-2-5-20-16(24)11-21-17(25)12-22-6-8-23(9-7-22)28(26,27)15-4-3-13(18)10-14(15)19/h3-4,10H,2,5-9,11-12H2,1H3,(H,20,24)(H,21,25)/p+1. The molecule has 0 atom stereocenters. The Morgan fingerprint density at radius 3 is 2.43 bits per heavy atom. The van der Waals surface area contributed by atoms with E-state index in [2.05, 4.69) is 10.6 Å². The first kappa shape index (κ1) is 22.2. The van der Waals surface area contributed by atoms with Gasteiger partial charge in [0.1, 0.15) is 16.5 Å². The van der Waals surface area contributed by atoms with Gasteiger partial charge < -0.3 is 15.5 Å². The number of hydrogen-bond donors (Lipinski definition) is 3. The van der Waals surface area contributed by atoms with Crippen LogP contribution in [-0.4, -0.2) is 70.4 Å². The molecule has 1 heterocycles. The molecule has 2 rings (SSSR count). The summed E-state index contributed by atoms with van der Waals surface area (Å²) in [5.74, 6) is -2.54. The molecule has 1 saturated heterocycles. The van der Waals surface area contributed by atoms with E-state index in [1.165, 1.54) is 0 Å². The first-order valence-corrected chi connectivity index (χ1v) is 10.5. The normalized spacial score (nSPS) is 16.0. The lowest BCUT2D eigenvalue weighted by atomic mass is 10.3. The second-order valence-corrected chi connectivity index (χ2v) is 8.44. The third-order valence-corrected chi connectivity index (χ3v) is 6.30. The molecule has 28 heavy (non-hydrogen) atoms. The second-order valence-electron chi connectivity index (χ2n) is 6.53. The van der Waals surface area contributed by atoms with E-state index in [0.717, 1.165) is 27.8 Å². The van der Waals surface area contributed by atoms with Crippen molar-refractivity contribution in [3.05, 3.63) is 29.8 Å². The Balaban J connectivity index is 1.83. The molecule has 11 heteroatoms. The van der Waals surface area contributed by atoms with Crippen molar-refractivity contribution in [1.29, 1.82) is 0 Å². The second kappa shape index (κ2) is 9.89. The van der Waals surface area contributed by atoms with E-state index in [0.29, 0.717) is 25.7 Å². The highest BCUT2D eigenvalue weighted by atomic mass is 32.2. The van der Waals surface area contributed by atoms with Gasteiger partial charge in [0.25, 0.3) is 5.91 Å². The third-order valence-electron chi connectivity index (χ3n) is 4.37. The summed E-state index contributed by atoms with van der Waals surface area (Å²) in [7, 11) is -4.07. The van der Waals surface area contributed by atoms with Crippen LogP contribution in [-0.2, 0) is 19.6 Å². The zero-order valence-electron chi connectivity index (χ0n) is 15.6. The number of hydrogen-bond acceptors (Lipinski definition) is 4. The van der Waals surface area contributed by atoms with E-state index in [1.807, 2.05) is 6.92 Å². The van der Waals surface area contributed by atoms with Gasteiger partial charge in [-0.15, -0.1) is 0 Å². The lowest BCUT2D eigenvalue weighted by molar-refractivity contribution is -0.895. The number of quaternary nitrogens is 1. The summed E-state index contributed by atoms with van der Waals surface area (Å²) in [6.45, 7) is 3.42. The molecule has 1 aromatic rings. The lowest BCUT2D eigenvalue weighted by Crippen LogP contribution is -3.15. The minimum Gasteiger partial charge on any atom is -0.355 e. The molecule has 0 saturated carbocycles. The van der Waals surface area contributed by atoms with Crippen LogP contribution in [0.1, 0.15) is 13.3 Å². The molecular formula is C17H25F2N4O4S+. The third kappa shape index (κ3) is 5.94. The highest BCUT2D eigenvalue weighted by molar-refractivity contribution is 7.89. The average Bonchev–Trinajstić information content (AvgIpc) is 2.64. The molecule has 1 aromatic carbocycles. The molecule has 0 spiro atoms. The number of rotatable bonds is 8. The van der Waals surface area contributed by atoms with Crippen LogP contribution in [0.4, 0.5) is 8.78 Å². The Hall–Kier alpha value is -2.11. The van der Waals surface area contributed by atoms with Crippen LogP contribution in [0.5, 0.6) is 0 Å². The largest absolute Gasteiger partial charge is 0.355 e. The molecule has 1 aliphatic rings. The maximum Gasteiger partial charge on any atom is 0.275 e. The van der Waals surface area contributed by atoms with Crippen LogP contribution in [0, 0.1) is 11.6 Å². The molecule has 2 amide bonds. The molecule has 0 radical (unpaired) electrons. The Morgan fingerprint density at radius 2 is 1.82 bits per heavy atom. The lowest BCUT2D eigenvalue weighted by Gasteiger charge is -2.31. The molecule has 0 aliphatic carbocycles. The maximum atomic E-state index is 13.8. The fourth-order valence-electron chi connectivity index (χ4n) is 2.84. The fourth-order valence-corrected chi connectivity index (χ4v) is 4.33. The van der Waals surface area contributed by atoms with Gasteiger partial charge in [-0.05, 0) is 18.6 Å². The SMILES string of the molecule is CCCNC(=O)CNC(=O)C[NH+]1CCN(S(=O)(=O)c2ccc(F)cc2F)CC1. The smallest absolute Gasteiger partial charge is 0.275 e. The number of halogens is 2. The van der Waals surface area contributed by atoms with E-state index in [4.69, 9.17) is 0 Å². The van der Waals surface area contributed by atoms with Gasteiger partial charge in [0.15, 0.2) is 6.54 Å². The summed E-state index contributed by atoms with van der Waals surface area (Å²) in [4.78, 5) is 23.7. The molecular weight excluding hydrogens is 394 g/mol. The number of benzene rings is 1. The van der Waals surface area contributed by atoms with E-state index in [-0.39, 0.29) is 38.0 Å². The van der Waals surface area contributed by atoms with Crippen molar-refractivity contribution in [2.24, 2.45) is 0 Å². The number of carbonyl (C=O) groups is 2. The van der Waals surface area contributed by atoms with Crippen molar-refractivity contribution in [3.8, 4) is 0 Å². The van der Waals surface area contributed by atoms with Crippen LogP contribution in [0.2, 0.25) is 0 Å². The summed E-state index contributed by atoms with van der Waals surface area (Å²) < 4.78 is 53.1. The van der Waals surface area contributed by atoms with Crippen LogP contribution >= 0.6 is 0 Å². The minimum atomic E-state index is -4.07. The Morgan fingerprint density at radius 1 is 1.14 bits per heavy atom. The molecule has 1 aliphatic heterocycles. The zero-order chi connectivity index (χ0) is 20.7. The van der Waals surface area contributed by atoms with Gasteiger partial charge in [0.2, 0.25) is 15.9 Å². The van der Waals surface area contributed by atoms with Crippen LogP contribution in [0.25, 0.3) is 0 Å². The van der Waals surface area contributed by atoms with Crippen molar-refractivity contribution in [2.75, 3.05) is 45.8 Å². The molecule has 0 aromatic heterocycles. The maximum absolute atomic E-state index is 13.8. The molecule has 0 bridgehead atoms. The van der Waals surface area contributed by atoms with E-state index in [1.54, 1.807) is 0 Å². The summed E-state index contributed by atoms with van der Waals surface area (Å²) in [5.41, 5.74) is 0. The van der Waals surface area contributed by atoms with Crippen LogP contribution in [0.15, 0.2) is 23.1 Å². The Labute approximate surface area is 162 Å². The average molecular weight is 419 g/mol. The summed E-state index contributed by atoms with van der Waals surface area (Å²) in [6, 6.07) is 2.35. The van der Waals surface area contributed by atoms with Gasteiger partial charge in [0, 0.05) is 12.6 Å². The highest BCUT2D eigenvalue weighted by Crippen LogP contribution is 2.20. The Kier molecular flexibility index (Phi) is 7.84. The predicted molar refractivity (Wildman–Crippen MR) is 97.0 cm³/mol. The van der Waals surface area contributed by atoms with E-state index in [9.17, 15) is 26.8 Å². The van der Waals surface area contributed by atoms with E-state index >= 15 is 0 Å². The van der Waals surface area contributed by atoms with Gasteiger partial charge in [-0.2, -0.15) is 4.31 Å².